The molecule has 0 aliphatic carbocycles. The van der Waals surface area contributed by atoms with Crippen LogP contribution in [0.2, 0.25) is 0 Å². The highest BCUT2D eigenvalue weighted by atomic mass is 28.4. The predicted molar refractivity (Wildman–Crippen MR) is 175 cm³/mol. The van der Waals surface area contributed by atoms with E-state index in [4.69, 9.17) is 0 Å². The number of rotatable bonds is 9. The van der Waals surface area contributed by atoms with Gasteiger partial charge in [0.05, 0.1) is 0 Å². The Labute approximate surface area is 244 Å². The van der Waals surface area contributed by atoms with Crippen LogP contribution in [-0.2, 0) is 18.1 Å². The summed E-state index contributed by atoms with van der Waals surface area (Å²) in [5, 5.41) is 0. The first kappa shape index (κ1) is 26.7. The normalized spacial score (nSPS) is 11.3. The molecule has 0 atom stereocenters. The van der Waals surface area contributed by atoms with Gasteiger partial charge in [-0.15, -0.1) is 0 Å². The van der Waals surface area contributed by atoms with Gasteiger partial charge in [0.1, 0.15) is 0 Å². The molecule has 0 aliphatic rings. The summed E-state index contributed by atoms with van der Waals surface area (Å²) >= 11 is 0. The van der Waals surface area contributed by atoms with Gasteiger partial charge in [0.25, 0.3) is 0 Å². The molecule has 1 nitrogen and oxygen atoms in total. The fourth-order valence-corrected chi connectivity index (χ4v) is 9.40. The van der Waals surface area contributed by atoms with Crippen molar-refractivity contribution < 1.29 is 4.80 Å². The minimum atomic E-state index is -2.96. The molecule has 0 heterocycles. The van der Waals surface area contributed by atoms with E-state index >= 15 is 0 Å². The Balaban J connectivity index is 1.44. The lowest BCUT2D eigenvalue weighted by Gasteiger charge is -2.29. The van der Waals surface area contributed by atoms with Crippen LogP contribution in [0.3, 0.4) is 0 Å². The molecule has 0 radical (unpaired) electrons. The third-order valence-electron chi connectivity index (χ3n) is 7.86. The molecule has 200 valence electrons. The van der Waals surface area contributed by atoms with Crippen molar-refractivity contribution in [1.82, 2.24) is 0 Å². The van der Waals surface area contributed by atoms with Gasteiger partial charge in [-0.25, -0.2) is 0 Å². The molecule has 0 saturated heterocycles. The maximum atomic E-state index is 12.9. The Bertz CT molecular complexity index is 1510. The fraction of sp³-hybridized carbons (Fsp3) is 0.0769. The summed E-state index contributed by atoms with van der Waals surface area (Å²) < 4.78 is 0. The molecule has 0 aromatic heterocycles. The van der Waals surface area contributed by atoms with Gasteiger partial charge in [-0.05, 0) is 68.2 Å². The average Bonchev–Trinajstić information content (AvgIpc) is 3.03. The summed E-state index contributed by atoms with van der Waals surface area (Å²) in [4.78, 5) is 12.9. The monoisotopic (exact) mass is 546 g/mol. The SMILES string of the molecule is O[Si](Cc1ccccc1-c1ccccc1)(Cc1ccccc1-c1ccccc1)Cc1ccccc1-c1ccccc1. The van der Waals surface area contributed by atoms with Gasteiger partial charge in [-0.2, -0.15) is 0 Å². The fourth-order valence-electron chi connectivity index (χ4n) is 5.97. The summed E-state index contributed by atoms with van der Waals surface area (Å²) in [6, 6.07) is 59.4. The molecule has 0 unspecified atom stereocenters. The van der Waals surface area contributed by atoms with Crippen molar-refractivity contribution in [1.29, 1.82) is 0 Å². The number of benzene rings is 6. The zero-order valence-corrected chi connectivity index (χ0v) is 24.2. The Kier molecular flexibility index (Phi) is 8.04. The van der Waals surface area contributed by atoms with Crippen LogP contribution < -0.4 is 0 Å². The van der Waals surface area contributed by atoms with Crippen LogP contribution in [-0.4, -0.2) is 13.1 Å². The van der Waals surface area contributed by atoms with Gasteiger partial charge in [-0.3, -0.25) is 0 Å². The summed E-state index contributed by atoms with van der Waals surface area (Å²) in [6.45, 7) is 0. The maximum absolute atomic E-state index is 12.9. The van der Waals surface area contributed by atoms with Crippen molar-refractivity contribution >= 4 is 8.32 Å². The van der Waals surface area contributed by atoms with Crippen LogP contribution in [0.1, 0.15) is 16.7 Å². The van der Waals surface area contributed by atoms with Crippen LogP contribution in [0.15, 0.2) is 164 Å². The van der Waals surface area contributed by atoms with E-state index in [2.05, 4.69) is 164 Å². The first-order chi connectivity index (χ1) is 20.2. The smallest absolute Gasteiger partial charge is 0.201 e. The second-order valence-electron chi connectivity index (χ2n) is 10.8. The molecule has 0 spiro atoms. The predicted octanol–water partition coefficient (Wildman–Crippen LogP) is 9.27. The third kappa shape index (κ3) is 6.30. The van der Waals surface area contributed by atoms with E-state index < -0.39 is 8.32 Å². The molecule has 0 saturated carbocycles. The van der Waals surface area contributed by atoms with Crippen LogP contribution in [0.4, 0.5) is 0 Å². The molecule has 6 aromatic carbocycles. The molecular weight excluding hydrogens is 513 g/mol. The molecule has 6 aromatic rings. The van der Waals surface area contributed by atoms with Gasteiger partial charge in [-0.1, -0.05) is 164 Å². The van der Waals surface area contributed by atoms with Crippen LogP contribution >= 0.6 is 0 Å². The minimum Gasteiger partial charge on any atom is -0.431 e. The summed E-state index contributed by atoms with van der Waals surface area (Å²) in [5.74, 6) is 0. The Hall–Kier alpha value is -4.50. The van der Waals surface area contributed by atoms with Gasteiger partial charge < -0.3 is 4.80 Å². The molecule has 0 bridgehead atoms. The lowest BCUT2D eigenvalue weighted by Crippen LogP contribution is -2.44. The zero-order valence-electron chi connectivity index (χ0n) is 23.2. The number of hydrogen-bond acceptors (Lipinski definition) is 1. The Morgan fingerprint density at radius 1 is 0.317 bits per heavy atom. The molecule has 0 amide bonds. The standard InChI is InChI=1S/C39H34OSi/c40-41(28-34-22-10-13-25-37(34)31-16-4-1-5-17-31,29-35-23-11-14-26-38(35)32-18-6-2-7-19-32)30-36-24-12-15-27-39(36)33-20-8-3-9-21-33/h1-27,40H,28-30H2. The molecule has 41 heavy (non-hydrogen) atoms. The second kappa shape index (κ2) is 12.3. The van der Waals surface area contributed by atoms with E-state index in [-0.39, 0.29) is 0 Å². The average molecular weight is 547 g/mol. The highest BCUT2D eigenvalue weighted by molar-refractivity contribution is 6.71. The molecule has 0 aliphatic heterocycles. The summed E-state index contributed by atoms with van der Waals surface area (Å²) in [7, 11) is -2.96. The molecule has 2 heteroatoms. The van der Waals surface area contributed by atoms with E-state index in [1.54, 1.807) is 0 Å². The zero-order chi connectivity index (χ0) is 27.9. The first-order valence-corrected chi connectivity index (χ1v) is 16.9. The van der Waals surface area contributed by atoms with E-state index in [0.29, 0.717) is 18.1 Å². The van der Waals surface area contributed by atoms with Crippen LogP contribution in [0.5, 0.6) is 0 Å². The second-order valence-corrected chi connectivity index (χ2v) is 14.3. The Morgan fingerprint density at radius 3 is 0.854 bits per heavy atom. The van der Waals surface area contributed by atoms with Crippen molar-refractivity contribution in [2.24, 2.45) is 0 Å². The van der Waals surface area contributed by atoms with Gasteiger partial charge in [0.2, 0.25) is 8.32 Å². The lowest BCUT2D eigenvalue weighted by atomic mass is 10.0. The molecule has 0 fully saturated rings. The maximum Gasteiger partial charge on any atom is 0.201 e. The van der Waals surface area contributed by atoms with Gasteiger partial charge in [0.15, 0.2) is 0 Å². The Morgan fingerprint density at radius 2 is 0.561 bits per heavy atom. The summed E-state index contributed by atoms with van der Waals surface area (Å²) in [5.41, 5.74) is 10.8. The van der Waals surface area contributed by atoms with Crippen molar-refractivity contribution in [2.75, 3.05) is 0 Å². The molecular formula is C39H34OSi. The topological polar surface area (TPSA) is 20.2 Å². The van der Waals surface area contributed by atoms with E-state index in [0.717, 1.165) is 0 Å². The largest absolute Gasteiger partial charge is 0.431 e. The van der Waals surface area contributed by atoms with E-state index in [1.807, 2.05) is 0 Å². The van der Waals surface area contributed by atoms with Crippen LogP contribution in [0.25, 0.3) is 33.4 Å². The molecule has 1 N–H and O–H groups in total. The molecule has 6 rings (SSSR count). The third-order valence-corrected chi connectivity index (χ3v) is 11.0. The highest BCUT2D eigenvalue weighted by Crippen LogP contribution is 2.33. The van der Waals surface area contributed by atoms with Gasteiger partial charge >= 0.3 is 0 Å². The van der Waals surface area contributed by atoms with E-state index in [9.17, 15) is 4.80 Å². The van der Waals surface area contributed by atoms with Crippen molar-refractivity contribution in [3.63, 3.8) is 0 Å². The van der Waals surface area contributed by atoms with Crippen molar-refractivity contribution in [3.05, 3.63) is 180 Å². The van der Waals surface area contributed by atoms with Gasteiger partial charge in [0, 0.05) is 0 Å². The van der Waals surface area contributed by atoms with E-state index in [1.165, 1.54) is 50.1 Å². The minimum absolute atomic E-state index is 0.671. The van der Waals surface area contributed by atoms with Crippen molar-refractivity contribution in [3.8, 4) is 33.4 Å². The summed E-state index contributed by atoms with van der Waals surface area (Å²) in [6.07, 6.45) is 0. The lowest BCUT2D eigenvalue weighted by molar-refractivity contribution is 0.523. The first-order valence-electron chi connectivity index (χ1n) is 14.3. The number of hydrogen-bond donors (Lipinski definition) is 1. The van der Waals surface area contributed by atoms with Crippen LogP contribution in [0, 0.1) is 0 Å². The highest BCUT2D eigenvalue weighted by Gasteiger charge is 2.34. The van der Waals surface area contributed by atoms with Crippen molar-refractivity contribution in [2.45, 2.75) is 18.1 Å². The quantitative estimate of drug-likeness (QED) is 0.179.